The predicted molar refractivity (Wildman–Crippen MR) is 149 cm³/mol. The molecule has 6 heteroatoms. The molecule has 0 aliphatic rings. The van der Waals surface area contributed by atoms with Crippen LogP contribution >= 0.6 is 0 Å². The maximum Gasteiger partial charge on any atom is 0.109 e. The Morgan fingerprint density at radius 2 is 1.24 bits per heavy atom. The van der Waals surface area contributed by atoms with Gasteiger partial charge in [-0.15, -0.1) is 0 Å². The first-order valence-corrected chi connectivity index (χ1v) is 13.4. The van der Waals surface area contributed by atoms with Crippen molar-refractivity contribution < 1.29 is 23.7 Å². The molecule has 0 bridgehead atoms. The summed E-state index contributed by atoms with van der Waals surface area (Å²) in [7, 11) is 3.38. The van der Waals surface area contributed by atoms with E-state index in [9.17, 15) is 0 Å². The summed E-state index contributed by atoms with van der Waals surface area (Å²) < 4.78 is 29.2. The Bertz CT molecular complexity index is 406. The van der Waals surface area contributed by atoms with Gasteiger partial charge in [-0.25, -0.2) is 0 Å². The van der Waals surface area contributed by atoms with Crippen LogP contribution in [-0.2, 0) is 23.7 Å². The second-order valence-corrected chi connectivity index (χ2v) is 10.00. The number of nitrogens with two attached hydrogens (primary N) is 1. The van der Waals surface area contributed by atoms with Gasteiger partial charge in [0.2, 0.25) is 0 Å². The Morgan fingerprint density at radius 3 is 1.62 bits per heavy atom. The van der Waals surface area contributed by atoms with Gasteiger partial charge in [0.05, 0.1) is 37.1 Å². The summed E-state index contributed by atoms with van der Waals surface area (Å²) in [5, 5.41) is 0. The van der Waals surface area contributed by atoms with Gasteiger partial charge in [-0.05, 0) is 53.9 Å². The van der Waals surface area contributed by atoms with Gasteiger partial charge in [0.25, 0.3) is 0 Å². The monoisotopic (exact) mass is 495 g/mol. The third-order valence-corrected chi connectivity index (χ3v) is 4.69. The molecular weight excluding hydrogens is 430 g/mol. The lowest BCUT2D eigenvalue weighted by atomic mass is 10.00. The molecule has 2 atom stereocenters. The van der Waals surface area contributed by atoms with Crippen LogP contribution in [0, 0.1) is 5.92 Å². The summed E-state index contributed by atoms with van der Waals surface area (Å²) in [6, 6.07) is 0. The molecule has 0 rings (SSSR count). The molecule has 0 aromatic carbocycles. The number of rotatable bonds is 16. The zero-order valence-electron chi connectivity index (χ0n) is 26.1. The van der Waals surface area contributed by atoms with Crippen molar-refractivity contribution in [3.05, 3.63) is 0 Å². The minimum Gasteiger partial charge on any atom is -0.379 e. The highest BCUT2D eigenvalue weighted by Crippen LogP contribution is 2.22. The molecule has 0 aliphatic heterocycles. The molecule has 0 radical (unpaired) electrons. The largest absolute Gasteiger partial charge is 0.379 e. The fourth-order valence-electron chi connectivity index (χ4n) is 2.71. The molecule has 34 heavy (non-hydrogen) atoms. The smallest absolute Gasteiger partial charge is 0.109 e. The van der Waals surface area contributed by atoms with E-state index in [1.165, 1.54) is 0 Å². The van der Waals surface area contributed by atoms with E-state index < -0.39 is 11.1 Å². The molecular formula is C28H65NO5. The molecule has 0 aliphatic carbocycles. The normalized spacial score (nSPS) is 13.6. The molecule has 0 fully saturated rings. The molecule has 2 N–H and O–H groups in total. The second-order valence-electron chi connectivity index (χ2n) is 10.00. The Labute approximate surface area is 215 Å². The standard InChI is InChI=1S/C22H47NO5.3C2H6/c1-17(2)11-12-27-21(5,6)13-18(24-9)14-26-15-19(25-10)22(7,8)28-16-20(3,4)23;3*1-2/h17-19H,11-16,23H2,1-10H3;3*1-2H3. The second kappa shape index (κ2) is 23.2. The first-order valence-electron chi connectivity index (χ1n) is 13.4. The van der Waals surface area contributed by atoms with Crippen LogP contribution in [0.15, 0.2) is 0 Å². The molecule has 2 unspecified atom stereocenters. The lowest BCUT2D eigenvalue weighted by Crippen LogP contribution is -2.48. The molecule has 0 saturated heterocycles. The van der Waals surface area contributed by atoms with Crippen molar-refractivity contribution in [2.24, 2.45) is 11.7 Å². The van der Waals surface area contributed by atoms with Crippen molar-refractivity contribution in [2.45, 2.75) is 139 Å². The summed E-state index contributed by atoms with van der Waals surface area (Å²) in [4.78, 5) is 0. The maximum atomic E-state index is 6.05. The summed E-state index contributed by atoms with van der Waals surface area (Å²) >= 11 is 0. The highest BCUT2D eigenvalue weighted by molar-refractivity contribution is 4.83. The molecule has 0 aromatic heterocycles. The zero-order valence-corrected chi connectivity index (χ0v) is 26.1. The number of hydrogen-bond donors (Lipinski definition) is 1. The van der Waals surface area contributed by atoms with Crippen LogP contribution in [0.5, 0.6) is 0 Å². The van der Waals surface area contributed by atoms with Crippen molar-refractivity contribution in [1.82, 2.24) is 0 Å². The van der Waals surface area contributed by atoms with E-state index in [4.69, 9.17) is 29.4 Å². The van der Waals surface area contributed by atoms with Crippen molar-refractivity contribution in [1.29, 1.82) is 0 Å². The Hall–Kier alpha value is -0.240. The van der Waals surface area contributed by atoms with Gasteiger partial charge in [-0.2, -0.15) is 0 Å². The molecule has 6 nitrogen and oxygen atoms in total. The lowest BCUT2D eigenvalue weighted by Gasteiger charge is -2.36. The first-order chi connectivity index (χ1) is 15.7. The lowest BCUT2D eigenvalue weighted by molar-refractivity contribution is -0.151. The van der Waals surface area contributed by atoms with Crippen LogP contribution < -0.4 is 5.73 Å². The van der Waals surface area contributed by atoms with Crippen LogP contribution in [0.4, 0.5) is 0 Å². The van der Waals surface area contributed by atoms with Gasteiger partial charge in [0.15, 0.2) is 0 Å². The van der Waals surface area contributed by atoms with Gasteiger partial charge in [-0.3, -0.25) is 0 Å². The number of hydrogen-bond acceptors (Lipinski definition) is 6. The third-order valence-electron chi connectivity index (χ3n) is 4.69. The van der Waals surface area contributed by atoms with E-state index >= 15 is 0 Å². The average molecular weight is 496 g/mol. The van der Waals surface area contributed by atoms with Gasteiger partial charge >= 0.3 is 0 Å². The van der Waals surface area contributed by atoms with Crippen LogP contribution in [0.2, 0.25) is 0 Å². The highest BCUT2D eigenvalue weighted by atomic mass is 16.6. The van der Waals surface area contributed by atoms with Gasteiger partial charge in [0.1, 0.15) is 6.10 Å². The number of ether oxygens (including phenoxy) is 5. The summed E-state index contributed by atoms with van der Waals surface area (Å²) in [6.07, 6.45) is 1.57. The molecule has 0 amide bonds. The van der Waals surface area contributed by atoms with Crippen molar-refractivity contribution >= 4 is 0 Å². The maximum absolute atomic E-state index is 6.05. The fraction of sp³-hybridized carbons (Fsp3) is 1.00. The average Bonchev–Trinajstić information content (AvgIpc) is 2.77. The van der Waals surface area contributed by atoms with Crippen molar-refractivity contribution in [3.8, 4) is 0 Å². The van der Waals surface area contributed by atoms with E-state index in [0.29, 0.717) is 25.7 Å². The zero-order chi connectivity index (χ0) is 28.0. The topological polar surface area (TPSA) is 72.2 Å². The quantitative estimate of drug-likeness (QED) is 0.252. The van der Waals surface area contributed by atoms with Crippen LogP contribution in [0.25, 0.3) is 0 Å². The molecule has 0 spiro atoms. The van der Waals surface area contributed by atoms with E-state index in [2.05, 4.69) is 27.7 Å². The van der Waals surface area contributed by atoms with Crippen LogP contribution in [-0.4, -0.2) is 69.6 Å². The van der Waals surface area contributed by atoms with E-state index in [-0.39, 0.29) is 17.8 Å². The van der Waals surface area contributed by atoms with Crippen molar-refractivity contribution in [3.63, 3.8) is 0 Å². The minimum absolute atomic E-state index is 0.0430. The highest BCUT2D eigenvalue weighted by Gasteiger charge is 2.33. The third kappa shape index (κ3) is 24.9. The SMILES string of the molecule is CC.CC.CC.COC(COCC(OC)C(C)(C)OCC(C)(C)N)CC(C)(C)OCCC(C)C. The minimum atomic E-state index is -0.507. The van der Waals surface area contributed by atoms with E-state index in [1.807, 2.05) is 69.2 Å². The van der Waals surface area contributed by atoms with E-state index in [0.717, 1.165) is 19.4 Å². The van der Waals surface area contributed by atoms with Gasteiger partial charge in [-0.1, -0.05) is 55.4 Å². The Morgan fingerprint density at radius 1 is 0.735 bits per heavy atom. The summed E-state index contributed by atoms with van der Waals surface area (Å²) in [5.41, 5.74) is 4.87. The van der Waals surface area contributed by atoms with Gasteiger partial charge < -0.3 is 29.4 Å². The van der Waals surface area contributed by atoms with Gasteiger partial charge in [0, 0.05) is 32.8 Å². The summed E-state index contributed by atoms with van der Waals surface area (Å²) in [5.74, 6) is 0.638. The van der Waals surface area contributed by atoms with Crippen LogP contribution in [0.3, 0.4) is 0 Å². The first kappa shape index (κ1) is 40.9. The Kier molecular flexibility index (Phi) is 27.9. The van der Waals surface area contributed by atoms with E-state index in [1.54, 1.807) is 14.2 Å². The fourth-order valence-corrected chi connectivity index (χ4v) is 2.71. The molecule has 212 valence electrons. The molecule has 0 aromatic rings. The summed E-state index contributed by atoms with van der Waals surface area (Å²) in [6.45, 7) is 30.6. The van der Waals surface area contributed by atoms with Crippen molar-refractivity contribution in [2.75, 3.05) is 40.6 Å². The number of methoxy groups -OCH3 is 2. The predicted octanol–water partition coefficient (Wildman–Crippen LogP) is 6.88. The molecule has 0 heterocycles. The Balaban J connectivity index is -0.000000689. The van der Waals surface area contributed by atoms with Crippen LogP contribution in [0.1, 0.15) is 110 Å². The molecule has 0 saturated carbocycles.